The SMILES string of the molecule is COc1cc(OC)c(OC)cc1/C=C1/SC(=O)N(CC(=O)Nc2ccc(I)cc2)C1=O. The minimum absolute atomic E-state index is 0.178. The molecule has 1 aliphatic heterocycles. The molecule has 0 bridgehead atoms. The first kappa shape index (κ1) is 22.9. The number of nitrogens with one attached hydrogen (secondary N) is 1. The molecule has 8 nitrogen and oxygen atoms in total. The van der Waals surface area contributed by atoms with Crippen molar-refractivity contribution in [3.63, 3.8) is 0 Å². The number of amides is 3. The van der Waals surface area contributed by atoms with E-state index in [1.807, 2.05) is 12.1 Å². The highest BCUT2D eigenvalue weighted by Crippen LogP contribution is 2.38. The molecule has 0 atom stereocenters. The second-order valence-electron chi connectivity index (χ2n) is 6.27. The number of hydrogen-bond acceptors (Lipinski definition) is 7. The quantitative estimate of drug-likeness (QED) is 0.409. The van der Waals surface area contributed by atoms with E-state index in [9.17, 15) is 14.4 Å². The van der Waals surface area contributed by atoms with Crippen LogP contribution in [0.4, 0.5) is 10.5 Å². The standard InChI is InChI=1S/C21H19IN2O6S/c1-28-15-10-17(30-3)16(29-2)8-12(15)9-18-20(26)24(21(27)31-18)11-19(25)23-14-6-4-13(22)5-7-14/h4-10H,11H2,1-3H3,(H,23,25)/b18-9+. The average molecular weight is 554 g/mol. The second kappa shape index (κ2) is 10.1. The Balaban J connectivity index is 1.78. The highest BCUT2D eigenvalue weighted by Gasteiger charge is 2.36. The number of nitrogens with zero attached hydrogens (tertiary/aromatic N) is 1. The number of rotatable bonds is 7. The molecule has 0 spiro atoms. The van der Waals surface area contributed by atoms with E-state index in [-0.39, 0.29) is 11.4 Å². The molecule has 0 saturated carbocycles. The number of carbonyl (C=O) groups is 3. The number of halogens is 1. The minimum atomic E-state index is -0.551. The lowest BCUT2D eigenvalue weighted by atomic mass is 10.1. The van der Waals surface area contributed by atoms with Crippen LogP contribution in [0.15, 0.2) is 41.3 Å². The van der Waals surface area contributed by atoms with Crippen molar-refractivity contribution in [2.24, 2.45) is 0 Å². The fourth-order valence-corrected chi connectivity index (χ4v) is 4.01. The fourth-order valence-electron chi connectivity index (χ4n) is 2.82. The molecule has 162 valence electrons. The largest absolute Gasteiger partial charge is 0.496 e. The van der Waals surface area contributed by atoms with Crippen molar-refractivity contribution >= 4 is 63.2 Å². The van der Waals surface area contributed by atoms with Gasteiger partial charge in [-0.2, -0.15) is 0 Å². The number of benzene rings is 2. The highest BCUT2D eigenvalue weighted by atomic mass is 127. The predicted molar refractivity (Wildman–Crippen MR) is 127 cm³/mol. The molecule has 1 heterocycles. The van der Waals surface area contributed by atoms with Gasteiger partial charge < -0.3 is 19.5 Å². The maximum absolute atomic E-state index is 12.8. The Bertz CT molecular complexity index is 1050. The van der Waals surface area contributed by atoms with Crippen LogP contribution in [-0.4, -0.2) is 49.8 Å². The van der Waals surface area contributed by atoms with Crippen molar-refractivity contribution in [2.75, 3.05) is 33.2 Å². The summed E-state index contributed by atoms with van der Waals surface area (Å²) in [5.74, 6) is 0.349. The van der Waals surface area contributed by atoms with Gasteiger partial charge in [0.1, 0.15) is 12.3 Å². The first-order chi connectivity index (χ1) is 14.9. The first-order valence-corrected chi connectivity index (χ1v) is 10.9. The third-order valence-corrected chi connectivity index (χ3v) is 5.95. The van der Waals surface area contributed by atoms with Crippen molar-refractivity contribution in [3.8, 4) is 17.2 Å². The van der Waals surface area contributed by atoms with E-state index in [0.29, 0.717) is 28.5 Å². The Morgan fingerprint density at radius 1 is 1.03 bits per heavy atom. The van der Waals surface area contributed by atoms with Crippen LogP contribution >= 0.6 is 34.4 Å². The summed E-state index contributed by atoms with van der Waals surface area (Å²) in [5.41, 5.74) is 1.12. The van der Waals surface area contributed by atoms with Crippen molar-refractivity contribution < 1.29 is 28.6 Å². The zero-order chi connectivity index (χ0) is 22.5. The van der Waals surface area contributed by atoms with E-state index in [0.717, 1.165) is 20.2 Å². The van der Waals surface area contributed by atoms with E-state index in [2.05, 4.69) is 27.9 Å². The normalized spacial score (nSPS) is 14.7. The molecule has 3 amide bonds. The van der Waals surface area contributed by atoms with Gasteiger partial charge in [-0.3, -0.25) is 19.3 Å². The molecule has 2 aromatic rings. The lowest BCUT2D eigenvalue weighted by Crippen LogP contribution is -2.36. The molecule has 2 aromatic carbocycles. The number of thioether (sulfide) groups is 1. The molecule has 10 heteroatoms. The van der Waals surface area contributed by atoms with Gasteiger partial charge in [0.15, 0.2) is 11.5 Å². The molecule has 0 aliphatic carbocycles. The van der Waals surface area contributed by atoms with Gasteiger partial charge in [0, 0.05) is 20.9 Å². The topological polar surface area (TPSA) is 94.2 Å². The van der Waals surface area contributed by atoms with Crippen LogP contribution in [0.2, 0.25) is 0 Å². The lowest BCUT2D eigenvalue weighted by Gasteiger charge is -2.13. The molecule has 0 radical (unpaired) electrons. The van der Waals surface area contributed by atoms with Crippen molar-refractivity contribution in [2.45, 2.75) is 0 Å². The molecule has 1 saturated heterocycles. The zero-order valence-corrected chi connectivity index (χ0v) is 19.9. The van der Waals surface area contributed by atoms with Gasteiger partial charge in [-0.25, -0.2) is 0 Å². The Kier molecular flexibility index (Phi) is 7.44. The van der Waals surface area contributed by atoms with Gasteiger partial charge in [0.05, 0.1) is 26.2 Å². The van der Waals surface area contributed by atoms with Gasteiger partial charge >= 0.3 is 0 Å². The third kappa shape index (κ3) is 5.31. The predicted octanol–water partition coefficient (Wildman–Crippen LogP) is 3.99. The Morgan fingerprint density at radius 2 is 1.65 bits per heavy atom. The van der Waals surface area contributed by atoms with E-state index >= 15 is 0 Å². The smallest absolute Gasteiger partial charge is 0.294 e. The van der Waals surface area contributed by atoms with Gasteiger partial charge in [0.2, 0.25) is 5.91 Å². The molecule has 1 aliphatic rings. The van der Waals surface area contributed by atoms with Crippen LogP contribution in [0, 0.1) is 3.57 Å². The van der Waals surface area contributed by atoms with E-state index in [4.69, 9.17) is 14.2 Å². The van der Waals surface area contributed by atoms with E-state index in [1.165, 1.54) is 27.4 Å². The van der Waals surface area contributed by atoms with E-state index < -0.39 is 17.1 Å². The first-order valence-electron chi connectivity index (χ1n) is 8.97. The maximum Gasteiger partial charge on any atom is 0.294 e. The number of ether oxygens (including phenoxy) is 3. The van der Waals surface area contributed by atoms with Crippen LogP contribution < -0.4 is 19.5 Å². The summed E-state index contributed by atoms with van der Waals surface area (Å²) in [6.07, 6.45) is 1.53. The number of carbonyl (C=O) groups excluding carboxylic acids is 3. The summed E-state index contributed by atoms with van der Waals surface area (Å²) in [6, 6.07) is 10.5. The number of imide groups is 1. The van der Waals surface area contributed by atoms with Crippen molar-refractivity contribution in [1.29, 1.82) is 0 Å². The van der Waals surface area contributed by atoms with Crippen molar-refractivity contribution in [1.82, 2.24) is 4.90 Å². The molecule has 31 heavy (non-hydrogen) atoms. The summed E-state index contributed by atoms with van der Waals surface area (Å²) >= 11 is 2.92. The number of anilines is 1. The van der Waals surface area contributed by atoms with Gasteiger partial charge in [-0.05, 0) is 70.8 Å². The van der Waals surface area contributed by atoms with Crippen LogP contribution in [0.1, 0.15) is 5.56 Å². The highest BCUT2D eigenvalue weighted by molar-refractivity contribution is 14.1. The number of hydrogen-bond donors (Lipinski definition) is 1. The summed E-state index contributed by atoms with van der Waals surface area (Å²) < 4.78 is 16.9. The Morgan fingerprint density at radius 3 is 2.26 bits per heavy atom. The maximum atomic E-state index is 12.8. The fraction of sp³-hybridized carbons (Fsp3) is 0.190. The minimum Gasteiger partial charge on any atom is -0.496 e. The lowest BCUT2D eigenvalue weighted by molar-refractivity contribution is -0.127. The molecule has 3 rings (SSSR count). The zero-order valence-electron chi connectivity index (χ0n) is 16.9. The number of methoxy groups -OCH3 is 3. The van der Waals surface area contributed by atoms with Crippen LogP contribution in [0.3, 0.4) is 0 Å². The van der Waals surface area contributed by atoms with Crippen LogP contribution in [0.5, 0.6) is 17.2 Å². The third-order valence-electron chi connectivity index (χ3n) is 4.33. The van der Waals surface area contributed by atoms with Crippen molar-refractivity contribution in [3.05, 3.63) is 50.4 Å². The van der Waals surface area contributed by atoms with Gasteiger partial charge in [-0.1, -0.05) is 0 Å². The Labute approximate surface area is 197 Å². The van der Waals surface area contributed by atoms with Gasteiger partial charge in [0.25, 0.3) is 11.1 Å². The summed E-state index contributed by atoms with van der Waals surface area (Å²) in [5, 5.41) is 2.16. The van der Waals surface area contributed by atoms with E-state index in [1.54, 1.807) is 24.3 Å². The molecule has 0 unspecified atom stereocenters. The van der Waals surface area contributed by atoms with Crippen LogP contribution in [-0.2, 0) is 9.59 Å². The molecular formula is C21H19IN2O6S. The molecule has 0 aromatic heterocycles. The summed E-state index contributed by atoms with van der Waals surface area (Å²) in [7, 11) is 4.48. The molecule has 1 fully saturated rings. The summed E-state index contributed by atoms with van der Waals surface area (Å²) in [6.45, 7) is -0.378. The monoisotopic (exact) mass is 554 g/mol. The van der Waals surface area contributed by atoms with Gasteiger partial charge in [-0.15, -0.1) is 0 Å². The molecule has 1 N–H and O–H groups in total. The van der Waals surface area contributed by atoms with Crippen LogP contribution in [0.25, 0.3) is 6.08 Å². The average Bonchev–Trinajstić information content (AvgIpc) is 3.02. The summed E-state index contributed by atoms with van der Waals surface area (Å²) in [4.78, 5) is 38.5. The molecular weight excluding hydrogens is 535 g/mol. The second-order valence-corrected chi connectivity index (χ2v) is 8.51. The Hall–Kier alpha value is -2.73.